The highest BCUT2D eigenvalue weighted by atomic mass is 35.5. The molecule has 0 amide bonds. The number of carbonyl (C=O) groups is 1. The number of carbonyl (C=O) groups excluding carboxylic acids is 1. The lowest BCUT2D eigenvalue weighted by Crippen LogP contribution is -2.41. The molecule has 0 saturated heterocycles. The number of aromatic nitrogens is 2. The Balaban J connectivity index is 2.12. The van der Waals surface area contributed by atoms with Crippen LogP contribution >= 0.6 is 11.6 Å². The van der Waals surface area contributed by atoms with Gasteiger partial charge in [-0.2, -0.15) is 13.2 Å². The fraction of sp³-hybridized carbons (Fsp3) is 0.150. The molecule has 3 rings (SSSR count). The molecule has 33 heavy (non-hydrogen) atoms. The van der Waals surface area contributed by atoms with Gasteiger partial charge in [-0.05, 0) is 18.2 Å². The molecule has 13 heteroatoms. The van der Waals surface area contributed by atoms with Crippen molar-refractivity contribution in [3.63, 3.8) is 0 Å². The number of hydrogen-bond donors (Lipinski definition) is 0. The summed E-state index contributed by atoms with van der Waals surface area (Å²) in [6.07, 6.45) is -4.99. The molecule has 0 N–H and O–H groups in total. The first kappa shape index (κ1) is 23.9. The lowest BCUT2D eigenvalue weighted by molar-refractivity contribution is -0.307. The summed E-state index contributed by atoms with van der Waals surface area (Å²) in [4.78, 5) is 35.4. The van der Waals surface area contributed by atoms with Crippen LogP contribution in [-0.4, -0.2) is 21.7 Å². The Kier molecular flexibility index (Phi) is 6.49. The van der Waals surface area contributed by atoms with Crippen LogP contribution in [0.5, 0.6) is 17.2 Å². The maximum atomic E-state index is 14.6. The van der Waals surface area contributed by atoms with Crippen molar-refractivity contribution in [3.05, 3.63) is 79.8 Å². The average molecular weight is 488 g/mol. The highest BCUT2D eigenvalue weighted by Gasteiger charge is 2.35. The molecule has 8 nitrogen and oxygen atoms in total. The van der Waals surface area contributed by atoms with Crippen LogP contribution in [0.25, 0.3) is 5.69 Å². The summed E-state index contributed by atoms with van der Waals surface area (Å²) in [5.74, 6) is -3.11. The maximum Gasteiger partial charge on any atom is 0.431 e. The summed E-state index contributed by atoms with van der Waals surface area (Å²) in [6, 6.07) is 7.39. The highest BCUT2D eigenvalue weighted by Crippen LogP contribution is 2.37. The van der Waals surface area contributed by atoms with E-state index in [9.17, 15) is 37.1 Å². The molecule has 2 aromatic carbocycles. The molecular formula is C20H12ClF4N2O6-. The fourth-order valence-corrected chi connectivity index (χ4v) is 2.99. The van der Waals surface area contributed by atoms with E-state index in [0.29, 0.717) is 6.07 Å². The number of aliphatic carboxylic acids is 1. The Labute approximate surface area is 186 Å². The highest BCUT2D eigenvalue weighted by molar-refractivity contribution is 6.32. The maximum absolute atomic E-state index is 14.6. The summed E-state index contributed by atoms with van der Waals surface area (Å²) in [7, 11) is 0.775. The molecule has 174 valence electrons. The number of benzene rings is 2. The molecule has 0 saturated carbocycles. The van der Waals surface area contributed by atoms with Crippen molar-refractivity contribution in [1.82, 2.24) is 9.13 Å². The molecule has 0 radical (unpaired) electrons. The SMILES string of the molecule is Cn1c(C(F)(F)F)cc(=O)n(-c2cc(Oc3ccccc3OCC(=O)[O-])c(Cl)cc2F)c1=O. The van der Waals surface area contributed by atoms with Crippen LogP contribution in [0.2, 0.25) is 5.02 Å². The Morgan fingerprint density at radius 2 is 1.73 bits per heavy atom. The number of halogens is 5. The first-order chi connectivity index (χ1) is 15.4. The van der Waals surface area contributed by atoms with Crippen LogP contribution in [0, 0.1) is 5.82 Å². The molecule has 0 fully saturated rings. The van der Waals surface area contributed by atoms with Crippen molar-refractivity contribution in [3.8, 4) is 22.9 Å². The third kappa shape index (κ3) is 5.00. The number of rotatable bonds is 6. The molecule has 1 aromatic heterocycles. The average Bonchev–Trinajstić information content (AvgIpc) is 2.72. The Hall–Kier alpha value is -3.80. The van der Waals surface area contributed by atoms with Gasteiger partial charge in [0.1, 0.15) is 23.9 Å². The number of alkyl halides is 3. The number of ether oxygens (including phenoxy) is 2. The van der Waals surface area contributed by atoms with E-state index in [-0.39, 0.29) is 37.5 Å². The van der Waals surface area contributed by atoms with E-state index in [0.717, 1.165) is 13.1 Å². The first-order valence-corrected chi connectivity index (χ1v) is 9.27. The van der Waals surface area contributed by atoms with Crippen molar-refractivity contribution in [2.24, 2.45) is 7.05 Å². The van der Waals surface area contributed by atoms with Crippen molar-refractivity contribution in [2.75, 3.05) is 6.61 Å². The van der Waals surface area contributed by atoms with E-state index in [2.05, 4.69) is 0 Å². The van der Waals surface area contributed by atoms with Gasteiger partial charge in [-0.1, -0.05) is 23.7 Å². The Morgan fingerprint density at radius 1 is 1.09 bits per heavy atom. The topological polar surface area (TPSA) is 103 Å². The van der Waals surface area contributed by atoms with E-state index < -0.39 is 47.2 Å². The number of nitrogens with zero attached hydrogens (tertiary/aromatic N) is 2. The zero-order valence-electron chi connectivity index (χ0n) is 16.5. The molecule has 0 aliphatic heterocycles. The number of hydrogen-bond acceptors (Lipinski definition) is 6. The Bertz CT molecular complexity index is 1350. The van der Waals surface area contributed by atoms with Crippen molar-refractivity contribution >= 4 is 17.6 Å². The van der Waals surface area contributed by atoms with E-state index in [1.807, 2.05) is 0 Å². The van der Waals surface area contributed by atoms with Crippen LogP contribution in [-0.2, 0) is 18.0 Å². The molecule has 0 bridgehead atoms. The van der Waals surface area contributed by atoms with Gasteiger partial charge in [0, 0.05) is 19.2 Å². The summed E-state index contributed by atoms with van der Waals surface area (Å²) >= 11 is 5.99. The molecule has 1 heterocycles. The monoisotopic (exact) mass is 487 g/mol. The lowest BCUT2D eigenvalue weighted by atomic mass is 10.2. The van der Waals surface area contributed by atoms with Gasteiger partial charge >= 0.3 is 11.9 Å². The fourth-order valence-electron chi connectivity index (χ4n) is 2.80. The molecule has 0 aliphatic rings. The minimum atomic E-state index is -4.99. The van der Waals surface area contributed by atoms with Gasteiger partial charge in [-0.3, -0.25) is 9.36 Å². The summed E-state index contributed by atoms with van der Waals surface area (Å²) < 4.78 is 64.7. The first-order valence-electron chi connectivity index (χ1n) is 8.89. The largest absolute Gasteiger partial charge is 0.546 e. The number of carboxylic acids is 1. The predicted molar refractivity (Wildman–Crippen MR) is 104 cm³/mol. The lowest BCUT2D eigenvalue weighted by Gasteiger charge is -2.16. The van der Waals surface area contributed by atoms with Gasteiger partial charge in [0.2, 0.25) is 0 Å². The zero-order valence-corrected chi connectivity index (χ0v) is 17.2. The van der Waals surface area contributed by atoms with Gasteiger partial charge in [0.25, 0.3) is 5.56 Å². The molecular weight excluding hydrogens is 476 g/mol. The molecule has 0 atom stereocenters. The minimum Gasteiger partial charge on any atom is -0.546 e. The third-order valence-corrected chi connectivity index (χ3v) is 4.56. The van der Waals surface area contributed by atoms with Crippen LogP contribution in [0.4, 0.5) is 17.6 Å². The van der Waals surface area contributed by atoms with Crippen LogP contribution in [0.1, 0.15) is 5.69 Å². The molecule has 0 unspecified atom stereocenters. The van der Waals surface area contributed by atoms with E-state index in [1.54, 1.807) is 0 Å². The third-order valence-electron chi connectivity index (χ3n) is 4.27. The summed E-state index contributed by atoms with van der Waals surface area (Å²) in [6.45, 7) is -0.806. The van der Waals surface area contributed by atoms with Crippen LogP contribution in [0.3, 0.4) is 0 Å². The van der Waals surface area contributed by atoms with Crippen molar-refractivity contribution < 1.29 is 36.9 Å². The van der Waals surface area contributed by atoms with E-state index in [4.69, 9.17) is 21.1 Å². The van der Waals surface area contributed by atoms with Gasteiger partial charge < -0.3 is 19.4 Å². The molecule has 0 aliphatic carbocycles. The number of carboxylic acid groups (broad SMARTS) is 1. The quantitative estimate of drug-likeness (QED) is 0.494. The predicted octanol–water partition coefficient (Wildman–Crippen LogP) is 2.27. The standard InChI is InChI=1S/C20H13ClF4N2O6/c1-26-16(20(23,24)25)8-17(28)27(19(26)31)12-7-15(10(21)6-11(12)22)33-14-5-3-2-4-13(14)32-9-18(29)30/h2-8H,9H2,1H3,(H,29,30)/p-1. The second-order valence-corrected chi connectivity index (χ2v) is 6.89. The van der Waals surface area contributed by atoms with Gasteiger partial charge in [-0.25, -0.2) is 13.8 Å². The second kappa shape index (κ2) is 8.98. The van der Waals surface area contributed by atoms with Gasteiger partial charge in [0.15, 0.2) is 11.5 Å². The van der Waals surface area contributed by atoms with E-state index in [1.165, 1.54) is 24.3 Å². The van der Waals surface area contributed by atoms with E-state index >= 15 is 0 Å². The zero-order chi connectivity index (χ0) is 24.5. The van der Waals surface area contributed by atoms with Crippen LogP contribution in [0.15, 0.2) is 52.1 Å². The van der Waals surface area contributed by atoms with Crippen LogP contribution < -0.4 is 25.8 Å². The van der Waals surface area contributed by atoms with Gasteiger partial charge in [0.05, 0.1) is 16.7 Å². The smallest absolute Gasteiger partial charge is 0.431 e. The minimum absolute atomic E-state index is 0.0498. The molecule has 3 aromatic rings. The Morgan fingerprint density at radius 3 is 2.33 bits per heavy atom. The van der Waals surface area contributed by atoms with Crippen molar-refractivity contribution in [1.29, 1.82) is 0 Å². The summed E-state index contributed by atoms with van der Waals surface area (Å²) in [5, 5.41) is 10.3. The van der Waals surface area contributed by atoms with Crippen molar-refractivity contribution in [2.45, 2.75) is 6.18 Å². The number of para-hydroxylation sites is 2. The normalized spacial score (nSPS) is 11.3. The summed E-state index contributed by atoms with van der Waals surface area (Å²) in [5.41, 5.74) is -5.13. The molecule has 0 spiro atoms. The second-order valence-electron chi connectivity index (χ2n) is 6.49. The van der Waals surface area contributed by atoms with Gasteiger partial charge in [-0.15, -0.1) is 0 Å².